The van der Waals surface area contributed by atoms with Gasteiger partial charge in [-0.15, -0.1) is 0 Å². The lowest BCUT2D eigenvalue weighted by Gasteiger charge is -2.19. The van der Waals surface area contributed by atoms with Crippen molar-refractivity contribution < 1.29 is 0 Å². The lowest BCUT2D eigenvalue weighted by molar-refractivity contribution is 0.787. The van der Waals surface area contributed by atoms with E-state index in [1.807, 2.05) is 12.1 Å². The van der Waals surface area contributed by atoms with Crippen molar-refractivity contribution >= 4 is 5.69 Å². The SMILES string of the molecule is Cc1cc(C)cc(NC(CN)c2ccncc2)c1. The summed E-state index contributed by atoms with van der Waals surface area (Å²) in [5, 5.41) is 3.47. The molecule has 0 saturated carbocycles. The fraction of sp³-hybridized carbons (Fsp3) is 0.267. The molecule has 3 N–H and O–H groups in total. The van der Waals surface area contributed by atoms with E-state index in [0.29, 0.717) is 6.54 Å². The molecule has 1 unspecified atom stereocenters. The van der Waals surface area contributed by atoms with Gasteiger partial charge in [-0.05, 0) is 54.8 Å². The van der Waals surface area contributed by atoms with Gasteiger partial charge in [-0.25, -0.2) is 0 Å². The smallest absolute Gasteiger partial charge is 0.0637 e. The first-order valence-electron chi connectivity index (χ1n) is 6.14. The van der Waals surface area contributed by atoms with Gasteiger partial charge >= 0.3 is 0 Å². The van der Waals surface area contributed by atoms with Gasteiger partial charge in [-0.1, -0.05) is 6.07 Å². The van der Waals surface area contributed by atoms with Gasteiger partial charge in [0.25, 0.3) is 0 Å². The quantitative estimate of drug-likeness (QED) is 0.865. The highest BCUT2D eigenvalue weighted by Gasteiger charge is 2.09. The van der Waals surface area contributed by atoms with Crippen molar-refractivity contribution in [3.63, 3.8) is 0 Å². The van der Waals surface area contributed by atoms with Crippen molar-refractivity contribution in [1.82, 2.24) is 4.98 Å². The Kier molecular flexibility index (Phi) is 3.95. The van der Waals surface area contributed by atoms with Crippen LogP contribution in [0.1, 0.15) is 22.7 Å². The number of nitrogens with one attached hydrogen (secondary N) is 1. The summed E-state index contributed by atoms with van der Waals surface area (Å²) >= 11 is 0. The van der Waals surface area contributed by atoms with E-state index < -0.39 is 0 Å². The summed E-state index contributed by atoms with van der Waals surface area (Å²) in [6.07, 6.45) is 3.59. The van der Waals surface area contributed by atoms with E-state index in [1.165, 1.54) is 11.1 Å². The van der Waals surface area contributed by atoms with Crippen molar-refractivity contribution in [3.05, 3.63) is 59.4 Å². The van der Waals surface area contributed by atoms with Crippen molar-refractivity contribution in [2.75, 3.05) is 11.9 Å². The van der Waals surface area contributed by atoms with E-state index in [4.69, 9.17) is 5.73 Å². The van der Waals surface area contributed by atoms with Crippen LogP contribution in [0, 0.1) is 13.8 Å². The Morgan fingerprint density at radius 2 is 1.72 bits per heavy atom. The molecule has 0 aliphatic carbocycles. The van der Waals surface area contributed by atoms with Crippen molar-refractivity contribution in [2.45, 2.75) is 19.9 Å². The Morgan fingerprint density at radius 3 is 2.28 bits per heavy atom. The van der Waals surface area contributed by atoms with Crippen molar-refractivity contribution in [2.24, 2.45) is 5.73 Å². The van der Waals surface area contributed by atoms with E-state index in [1.54, 1.807) is 12.4 Å². The van der Waals surface area contributed by atoms with E-state index >= 15 is 0 Å². The third-order valence-electron chi connectivity index (χ3n) is 2.91. The van der Waals surface area contributed by atoms with Crippen LogP contribution in [0.15, 0.2) is 42.7 Å². The molecular weight excluding hydrogens is 222 g/mol. The predicted octanol–water partition coefficient (Wildman–Crippen LogP) is 2.81. The molecule has 18 heavy (non-hydrogen) atoms. The van der Waals surface area contributed by atoms with E-state index in [-0.39, 0.29) is 6.04 Å². The van der Waals surface area contributed by atoms with Gasteiger partial charge in [0.1, 0.15) is 0 Å². The summed E-state index contributed by atoms with van der Waals surface area (Å²) in [7, 11) is 0. The lowest BCUT2D eigenvalue weighted by Crippen LogP contribution is -2.20. The average molecular weight is 241 g/mol. The minimum Gasteiger partial charge on any atom is -0.377 e. The topological polar surface area (TPSA) is 50.9 Å². The molecule has 1 aromatic heterocycles. The van der Waals surface area contributed by atoms with E-state index in [9.17, 15) is 0 Å². The number of hydrogen-bond acceptors (Lipinski definition) is 3. The van der Waals surface area contributed by atoms with Gasteiger partial charge < -0.3 is 11.1 Å². The largest absolute Gasteiger partial charge is 0.377 e. The van der Waals surface area contributed by atoms with Crippen LogP contribution in [0.3, 0.4) is 0 Å². The number of hydrogen-bond donors (Lipinski definition) is 2. The molecule has 1 heterocycles. The Morgan fingerprint density at radius 1 is 1.11 bits per heavy atom. The van der Waals surface area contributed by atoms with Crippen molar-refractivity contribution in [3.8, 4) is 0 Å². The first-order valence-corrected chi connectivity index (χ1v) is 6.14. The number of aromatic nitrogens is 1. The molecule has 0 spiro atoms. The average Bonchev–Trinajstić information content (AvgIpc) is 2.36. The Hall–Kier alpha value is -1.87. The maximum absolute atomic E-state index is 5.85. The number of benzene rings is 1. The summed E-state index contributed by atoms with van der Waals surface area (Å²) < 4.78 is 0. The number of rotatable bonds is 4. The molecule has 0 amide bonds. The van der Waals surface area contributed by atoms with Crippen LogP contribution < -0.4 is 11.1 Å². The van der Waals surface area contributed by atoms with Crippen LogP contribution in [0.5, 0.6) is 0 Å². The molecule has 0 bridgehead atoms. The second-order valence-corrected chi connectivity index (χ2v) is 4.59. The molecule has 0 fully saturated rings. The number of pyridine rings is 1. The van der Waals surface area contributed by atoms with Gasteiger partial charge in [0.05, 0.1) is 6.04 Å². The summed E-state index contributed by atoms with van der Waals surface area (Å²) in [4.78, 5) is 4.03. The molecule has 2 aromatic rings. The van der Waals surface area contributed by atoms with Gasteiger partial charge in [0.15, 0.2) is 0 Å². The molecular formula is C15H19N3. The van der Waals surface area contributed by atoms with Crippen LogP contribution in [0.2, 0.25) is 0 Å². The molecule has 94 valence electrons. The first-order chi connectivity index (χ1) is 8.69. The summed E-state index contributed by atoms with van der Waals surface area (Å²) in [6.45, 7) is 4.75. The number of anilines is 1. The third kappa shape index (κ3) is 3.08. The minimum absolute atomic E-state index is 0.120. The summed E-state index contributed by atoms with van der Waals surface area (Å²) in [6, 6.07) is 10.5. The maximum Gasteiger partial charge on any atom is 0.0637 e. The highest BCUT2D eigenvalue weighted by molar-refractivity contribution is 5.50. The molecule has 1 aromatic carbocycles. The van der Waals surface area contributed by atoms with E-state index in [2.05, 4.69) is 42.3 Å². The second kappa shape index (κ2) is 5.65. The van der Waals surface area contributed by atoms with Crippen molar-refractivity contribution in [1.29, 1.82) is 0 Å². The Bertz CT molecular complexity index is 488. The van der Waals surface area contributed by atoms with Crippen LogP contribution in [-0.4, -0.2) is 11.5 Å². The zero-order valence-corrected chi connectivity index (χ0v) is 10.9. The van der Waals surface area contributed by atoms with Crippen LogP contribution in [0.25, 0.3) is 0 Å². The highest BCUT2D eigenvalue weighted by atomic mass is 14.9. The molecule has 1 atom stereocenters. The van der Waals surface area contributed by atoms with Gasteiger partial charge in [0, 0.05) is 24.6 Å². The zero-order valence-electron chi connectivity index (χ0n) is 10.9. The number of nitrogens with zero attached hydrogens (tertiary/aromatic N) is 1. The molecule has 0 radical (unpaired) electrons. The number of nitrogens with two attached hydrogens (primary N) is 1. The van der Waals surface area contributed by atoms with Crippen LogP contribution in [-0.2, 0) is 0 Å². The van der Waals surface area contributed by atoms with E-state index in [0.717, 1.165) is 11.3 Å². The van der Waals surface area contributed by atoms with Gasteiger partial charge in [-0.2, -0.15) is 0 Å². The lowest BCUT2D eigenvalue weighted by atomic mass is 10.1. The monoisotopic (exact) mass is 241 g/mol. The molecule has 3 nitrogen and oxygen atoms in total. The molecule has 0 saturated heterocycles. The predicted molar refractivity (Wildman–Crippen MR) is 75.6 cm³/mol. The highest BCUT2D eigenvalue weighted by Crippen LogP contribution is 2.20. The maximum atomic E-state index is 5.85. The minimum atomic E-state index is 0.120. The van der Waals surface area contributed by atoms with Gasteiger partial charge in [0.2, 0.25) is 0 Å². The summed E-state index contributed by atoms with van der Waals surface area (Å²) in [5.74, 6) is 0. The normalized spacial score (nSPS) is 12.2. The first kappa shape index (κ1) is 12.6. The van der Waals surface area contributed by atoms with Crippen LogP contribution in [0.4, 0.5) is 5.69 Å². The van der Waals surface area contributed by atoms with Crippen LogP contribution >= 0.6 is 0 Å². The Labute approximate surface area is 108 Å². The standard InChI is InChI=1S/C15H19N3/c1-11-7-12(2)9-14(8-11)18-15(10-16)13-3-5-17-6-4-13/h3-9,15,18H,10,16H2,1-2H3. The number of aryl methyl sites for hydroxylation is 2. The molecule has 0 aliphatic heterocycles. The fourth-order valence-electron chi connectivity index (χ4n) is 2.13. The molecule has 0 aliphatic rings. The Balaban J connectivity index is 2.20. The molecule has 2 rings (SSSR count). The molecule has 3 heteroatoms. The summed E-state index contributed by atoms with van der Waals surface area (Å²) in [5.41, 5.74) is 10.6. The second-order valence-electron chi connectivity index (χ2n) is 4.59. The van der Waals surface area contributed by atoms with Gasteiger partial charge in [-0.3, -0.25) is 4.98 Å². The zero-order chi connectivity index (χ0) is 13.0. The third-order valence-corrected chi connectivity index (χ3v) is 2.91. The fourth-order valence-corrected chi connectivity index (χ4v) is 2.13.